The third-order valence-corrected chi connectivity index (χ3v) is 3.12. The largest absolute Gasteiger partial charge is 0.463 e. The van der Waals surface area contributed by atoms with Crippen molar-refractivity contribution in [3.8, 4) is 0 Å². The van der Waals surface area contributed by atoms with Crippen LogP contribution in [0, 0.1) is 13.8 Å². The Morgan fingerprint density at radius 2 is 1.85 bits per heavy atom. The zero-order valence-corrected chi connectivity index (χ0v) is 12.5. The molecule has 0 aliphatic carbocycles. The molecule has 0 aliphatic rings. The van der Waals surface area contributed by atoms with Crippen molar-refractivity contribution in [3.05, 3.63) is 53.5 Å². The summed E-state index contributed by atoms with van der Waals surface area (Å²) in [5.74, 6) is 0.715. The molecule has 0 bridgehead atoms. The summed E-state index contributed by atoms with van der Waals surface area (Å²) >= 11 is 5.24. The lowest BCUT2D eigenvalue weighted by Gasteiger charge is -2.12. The Morgan fingerprint density at radius 3 is 2.45 bits per heavy atom. The molecule has 0 spiro atoms. The topological polar surface area (TPSA) is 49.6 Å². The van der Waals surface area contributed by atoms with Crippen LogP contribution in [0.2, 0.25) is 0 Å². The van der Waals surface area contributed by atoms with E-state index in [4.69, 9.17) is 16.6 Å². The minimum Gasteiger partial charge on any atom is -0.463 e. The van der Waals surface area contributed by atoms with Crippen LogP contribution in [-0.4, -0.2) is 10.8 Å². The third-order valence-electron chi connectivity index (χ3n) is 2.92. The van der Waals surface area contributed by atoms with E-state index in [-0.39, 0.29) is 0 Å². The quantitative estimate of drug-likeness (QED) is 0.514. The Morgan fingerprint density at radius 1 is 1.15 bits per heavy atom. The highest BCUT2D eigenvalue weighted by Gasteiger charge is 2.04. The fraction of sp³-hybridized carbons (Fsp3) is 0.200. The molecular formula is C15H17N3OS. The Labute approximate surface area is 123 Å². The van der Waals surface area contributed by atoms with E-state index in [0.717, 1.165) is 22.5 Å². The van der Waals surface area contributed by atoms with Crippen molar-refractivity contribution in [2.75, 3.05) is 5.32 Å². The van der Waals surface area contributed by atoms with Crippen molar-refractivity contribution in [3.63, 3.8) is 0 Å². The lowest BCUT2D eigenvalue weighted by atomic mass is 10.1. The Balaban J connectivity index is 2.01. The first-order chi connectivity index (χ1) is 9.58. The molecule has 0 radical (unpaired) electrons. The molecule has 0 fully saturated rings. The summed E-state index contributed by atoms with van der Waals surface area (Å²) in [5.41, 5.74) is 6.85. The second-order valence-corrected chi connectivity index (χ2v) is 4.92. The predicted octanol–water partition coefficient (Wildman–Crippen LogP) is 3.61. The lowest BCUT2D eigenvalue weighted by molar-refractivity contribution is 0.556. The Bertz CT molecular complexity index is 612. The van der Waals surface area contributed by atoms with E-state index in [2.05, 4.69) is 15.8 Å². The molecule has 2 rings (SSSR count). The number of rotatable bonds is 3. The Kier molecular flexibility index (Phi) is 4.53. The number of para-hydroxylation sites is 1. The van der Waals surface area contributed by atoms with Gasteiger partial charge >= 0.3 is 0 Å². The predicted molar refractivity (Wildman–Crippen MR) is 86.2 cm³/mol. The van der Waals surface area contributed by atoms with Crippen molar-refractivity contribution in [2.24, 2.45) is 5.10 Å². The van der Waals surface area contributed by atoms with Crippen molar-refractivity contribution in [1.29, 1.82) is 0 Å². The van der Waals surface area contributed by atoms with Gasteiger partial charge in [-0.2, -0.15) is 5.10 Å². The van der Waals surface area contributed by atoms with Crippen LogP contribution >= 0.6 is 12.2 Å². The van der Waals surface area contributed by atoms with E-state index in [9.17, 15) is 0 Å². The molecule has 104 valence electrons. The van der Waals surface area contributed by atoms with E-state index in [1.807, 2.05) is 51.1 Å². The second kappa shape index (κ2) is 6.34. The molecular weight excluding hydrogens is 270 g/mol. The number of hydrogen-bond donors (Lipinski definition) is 2. The van der Waals surface area contributed by atoms with E-state index >= 15 is 0 Å². The molecule has 0 unspecified atom stereocenters. The summed E-state index contributed by atoms with van der Waals surface area (Å²) < 4.78 is 5.25. The van der Waals surface area contributed by atoms with Crippen molar-refractivity contribution in [1.82, 2.24) is 5.43 Å². The lowest BCUT2D eigenvalue weighted by Crippen LogP contribution is -2.25. The normalized spacial score (nSPS) is 11.2. The molecule has 4 nitrogen and oxygen atoms in total. The fourth-order valence-electron chi connectivity index (χ4n) is 1.83. The van der Waals surface area contributed by atoms with Crippen molar-refractivity contribution in [2.45, 2.75) is 20.8 Å². The molecule has 20 heavy (non-hydrogen) atoms. The van der Waals surface area contributed by atoms with E-state index < -0.39 is 0 Å². The third kappa shape index (κ3) is 3.45. The molecule has 2 aromatic rings. The van der Waals surface area contributed by atoms with Crippen LogP contribution < -0.4 is 10.7 Å². The molecule has 0 amide bonds. The summed E-state index contributed by atoms with van der Waals surface area (Å²) in [6, 6.07) is 9.76. The number of thiocarbonyl (C=S) groups is 1. The number of nitrogens with zero attached hydrogens (tertiary/aromatic N) is 1. The van der Waals surface area contributed by atoms with Gasteiger partial charge in [-0.1, -0.05) is 18.2 Å². The Hall–Kier alpha value is -2.14. The molecule has 5 heteroatoms. The molecule has 0 atom stereocenters. The zero-order valence-electron chi connectivity index (χ0n) is 11.7. The first-order valence-electron chi connectivity index (χ1n) is 6.29. The maximum Gasteiger partial charge on any atom is 0.191 e. The highest BCUT2D eigenvalue weighted by molar-refractivity contribution is 7.80. The first-order valence-corrected chi connectivity index (χ1v) is 6.70. The van der Waals surface area contributed by atoms with Gasteiger partial charge in [0.05, 0.1) is 6.26 Å². The maximum atomic E-state index is 5.25. The number of aryl methyl sites for hydroxylation is 2. The average molecular weight is 287 g/mol. The molecule has 0 saturated carbocycles. The highest BCUT2D eigenvalue weighted by atomic mass is 32.1. The van der Waals surface area contributed by atoms with Crippen LogP contribution in [0.4, 0.5) is 5.69 Å². The van der Waals surface area contributed by atoms with Gasteiger partial charge < -0.3 is 9.73 Å². The number of hydrazone groups is 1. The SMILES string of the molecule is C/C(=N/NC(=S)Nc1c(C)cccc1C)c1ccco1. The number of nitrogens with one attached hydrogen (secondary N) is 2. The monoisotopic (exact) mass is 287 g/mol. The average Bonchev–Trinajstić information content (AvgIpc) is 2.94. The van der Waals surface area contributed by atoms with E-state index in [1.54, 1.807) is 6.26 Å². The maximum absolute atomic E-state index is 5.25. The van der Waals surface area contributed by atoms with E-state index in [0.29, 0.717) is 10.9 Å². The number of anilines is 1. The van der Waals surface area contributed by atoms with Crippen molar-refractivity contribution >= 4 is 28.7 Å². The van der Waals surface area contributed by atoms with Crippen LogP contribution in [0.5, 0.6) is 0 Å². The minimum absolute atomic E-state index is 0.452. The van der Waals surface area contributed by atoms with Crippen LogP contribution in [0.1, 0.15) is 23.8 Å². The molecule has 0 saturated heterocycles. The van der Waals surface area contributed by atoms with Gasteiger partial charge in [0.25, 0.3) is 0 Å². The summed E-state index contributed by atoms with van der Waals surface area (Å²) in [6.45, 7) is 5.93. The van der Waals surface area contributed by atoms with Gasteiger partial charge in [-0.05, 0) is 56.2 Å². The van der Waals surface area contributed by atoms with E-state index in [1.165, 1.54) is 0 Å². The van der Waals surface area contributed by atoms with Gasteiger partial charge in [0.2, 0.25) is 0 Å². The molecule has 0 aliphatic heterocycles. The fourth-order valence-corrected chi connectivity index (χ4v) is 1.97. The number of hydrogen-bond acceptors (Lipinski definition) is 3. The molecule has 1 aromatic carbocycles. The van der Waals surface area contributed by atoms with Gasteiger partial charge in [0.1, 0.15) is 11.5 Å². The van der Waals surface area contributed by atoms with Gasteiger partial charge in [0.15, 0.2) is 5.11 Å². The number of furan rings is 1. The smallest absolute Gasteiger partial charge is 0.191 e. The van der Waals surface area contributed by atoms with Crippen LogP contribution in [0.25, 0.3) is 0 Å². The summed E-state index contributed by atoms with van der Waals surface area (Å²) in [7, 11) is 0. The standard InChI is InChI=1S/C15H17N3OS/c1-10-6-4-7-11(2)14(10)16-15(20)18-17-12(3)13-8-5-9-19-13/h4-9H,1-3H3,(H2,16,18,20)/b17-12-. The molecule has 2 N–H and O–H groups in total. The van der Waals surface area contributed by atoms with Crippen molar-refractivity contribution < 1.29 is 4.42 Å². The summed E-state index contributed by atoms with van der Waals surface area (Å²) in [5, 5.41) is 7.81. The van der Waals surface area contributed by atoms with Crippen LogP contribution in [0.15, 0.2) is 46.1 Å². The minimum atomic E-state index is 0.452. The van der Waals surface area contributed by atoms with Gasteiger partial charge in [-0.25, -0.2) is 0 Å². The van der Waals surface area contributed by atoms with Gasteiger partial charge in [-0.15, -0.1) is 0 Å². The van der Waals surface area contributed by atoms with Gasteiger partial charge in [0, 0.05) is 5.69 Å². The first kappa shape index (κ1) is 14.3. The van der Waals surface area contributed by atoms with Crippen LogP contribution in [-0.2, 0) is 0 Å². The number of benzene rings is 1. The molecule has 1 aromatic heterocycles. The van der Waals surface area contributed by atoms with Gasteiger partial charge in [-0.3, -0.25) is 5.43 Å². The summed E-state index contributed by atoms with van der Waals surface area (Å²) in [4.78, 5) is 0. The summed E-state index contributed by atoms with van der Waals surface area (Å²) in [6.07, 6.45) is 1.61. The molecule has 1 heterocycles. The van der Waals surface area contributed by atoms with Crippen LogP contribution in [0.3, 0.4) is 0 Å². The highest BCUT2D eigenvalue weighted by Crippen LogP contribution is 2.19. The zero-order chi connectivity index (χ0) is 14.5. The second-order valence-electron chi connectivity index (χ2n) is 4.51.